The molecule has 1 atom stereocenters. The van der Waals surface area contributed by atoms with Gasteiger partial charge in [0.1, 0.15) is 12.1 Å². The Hall–Kier alpha value is -0.570. The summed E-state index contributed by atoms with van der Waals surface area (Å²) in [6.45, 7) is 8.01. The molecule has 0 heterocycles. The van der Waals surface area contributed by atoms with Crippen LogP contribution in [0.5, 0.6) is 0 Å². The minimum atomic E-state index is -0.217. The van der Waals surface area contributed by atoms with Crippen LogP contribution in [-0.2, 0) is 9.53 Å². The van der Waals surface area contributed by atoms with E-state index in [1.807, 2.05) is 27.7 Å². The summed E-state index contributed by atoms with van der Waals surface area (Å²) in [5.74, 6) is -0.114. The van der Waals surface area contributed by atoms with E-state index >= 15 is 0 Å². The summed E-state index contributed by atoms with van der Waals surface area (Å²) < 4.78 is 5.42. The fraction of sp³-hybridized carbons (Fsp3) is 0.917. The SMILES string of the molecule is C[C@H](NC(C)(C)C)C(=O)OC1CCCC1. The van der Waals surface area contributed by atoms with Crippen LogP contribution in [0.2, 0.25) is 0 Å². The normalized spacial score (nSPS) is 20.3. The van der Waals surface area contributed by atoms with Gasteiger partial charge in [-0.15, -0.1) is 0 Å². The Morgan fingerprint density at radius 2 is 1.87 bits per heavy atom. The monoisotopic (exact) mass is 213 g/mol. The van der Waals surface area contributed by atoms with Crippen LogP contribution < -0.4 is 5.32 Å². The van der Waals surface area contributed by atoms with Crippen LogP contribution >= 0.6 is 0 Å². The minimum Gasteiger partial charge on any atom is -0.461 e. The lowest BCUT2D eigenvalue weighted by molar-refractivity contribution is -0.151. The van der Waals surface area contributed by atoms with Crippen molar-refractivity contribution in [2.45, 2.75) is 71.1 Å². The molecule has 1 N–H and O–H groups in total. The average molecular weight is 213 g/mol. The van der Waals surface area contributed by atoms with Crippen LogP contribution in [-0.4, -0.2) is 23.7 Å². The summed E-state index contributed by atoms with van der Waals surface area (Å²) in [4.78, 5) is 11.7. The summed E-state index contributed by atoms with van der Waals surface area (Å²) in [5, 5.41) is 3.22. The van der Waals surface area contributed by atoms with E-state index in [2.05, 4.69) is 5.32 Å². The molecule has 3 nitrogen and oxygen atoms in total. The van der Waals surface area contributed by atoms with E-state index in [1.165, 1.54) is 12.8 Å². The van der Waals surface area contributed by atoms with Gasteiger partial charge in [0.25, 0.3) is 0 Å². The zero-order valence-electron chi connectivity index (χ0n) is 10.3. The molecule has 1 saturated carbocycles. The highest BCUT2D eigenvalue weighted by Crippen LogP contribution is 2.21. The molecule has 0 saturated heterocycles. The molecule has 0 unspecified atom stereocenters. The molecular weight excluding hydrogens is 190 g/mol. The number of carbonyl (C=O) groups excluding carboxylic acids is 1. The first kappa shape index (κ1) is 12.5. The van der Waals surface area contributed by atoms with Crippen molar-refractivity contribution in [3.8, 4) is 0 Å². The van der Waals surface area contributed by atoms with Gasteiger partial charge in [0.2, 0.25) is 0 Å². The average Bonchev–Trinajstić information content (AvgIpc) is 2.53. The zero-order chi connectivity index (χ0) is 11.5. The molecule has 1 rings (SSSR count). The highest BCUT2D eigenvalue weighted by atomic mass is 16.5. The van der Waals surface area contributed by atoms with Gasteiger partial charge in [0.15, 0.2) is 0 Å². The first-order valence-electron chi connectivity index (χ1n) is 5.87. The molecule has 1 fully saturated rings. The van der Waals surface area contributed by atoms with Gasteiger partial charge >= 0.3 is 5.97 Å². The molecule has 0 aromatic carbocycles. The van der Waals surface area contributed by atoms with Gasteiger partial charge in [-0.2, -0.15) is 0 Å². The summed E-state index contributed by atoms with van der Waals surface area (Å²) in [6.07, 6.45) is 4.63. The quantitative estimate of drug-likeness (QED) is 0.731. The fourth-order valence-electron chi connectivity index (χ4n) is 1.98. The minimum absolute atomic E-state index is 0.0475. The van der Waals surface area contributed by atoms with Crippen molar-refractivity contribution in [3.05, 3.63) is 0 Å². The lowest BCUT2D eigenvalue weighted by atomic mass is 10.1. The van der Waals surface area contributed by atoms with Crippen LogP contribution in [0.1, 0.15) is 53.4 Å². The highest BCUT2D eigenvalue weighted by Gasteiger charge is 2.25. The first-order valence-corrected chi connectivity index (χ1v) is 5.87. The number of ether oxygens (including phenoxy) is 1. The van der Waals surface area contributed by atoms with Crippen molar-refractivity contribution in [3.63, 3.8) is 0 Å². The summed E-state index contributed by atoms with van der Waals surface area (Å²) in [6, 6.07) is -0.217. The van der Waals surface area contributed by atoms with Gasteiger partial charge in [0.05, 0.1) is 0 Å². The largest absolute Gasteiger partial charge is 0.461 e. The van der Waals surface area contributed by atoms with Crippen molar-refractivity contribution in [2.75, 3.05) is 0 Å². The lowest BCUT2D eigenvalue weighted by Gasteiger charge is -2.25. The zero-order valence-corrected chi connectivity index (χ0v) is 10.3. The molecule has 0 amide bonds. The summed E-state index contributed by atoms with van der Waals surface area (Å²) >= 11 is 0. The van der Waals surface area contributed by atoms with E-state index in [-0.39, 0.29) is 23.7 Å². The van der Waals surface area contributed by atoms with Gasteiger partial charge in [-0.25, -0.2) is 0 Å². The Bertz CT molecular complexity index is 214. The smallest absolute Gasteiger partial charge is 0.323 e. The number of rotatable bonds is 3. The Labute approximate surface area is 92.6 Å². The Morgan fingerprint density at radius 1 is 1.33 bits per heavy atom. The van der Waals surface area contributed by atoms with E-state index < -0.39 is 0 Å². The van der Waals surface area contributed by atoms with Gasteiger partial charge in [-0.1, -0.05) is 0 Å². The maximum absolute atomic E-state index is 11.7. The fourth-order valence-corrected chi connectivity index (χ4v) is 1.98. The lowest BCUT2D eigenvalue weighted by Crippen LogP contribution is -2.47. The number of hydrogen-bond acceptors (Lipinski definition) is 3. The standard InChI is InChI=1S/C12H23NO2/c1-9(13-12(2,3)4)11(14)15-10-7-5-6-8-10/h9-10,13H,5-8H2,1-4H3/t9-/m0/s1. The molecule has 1 aliphatic carbocycles. The summed E-state index contributed by atoms with van der Waals surface area (Å²) in [5.41, 5.74) is -0.0475. The number of nitrogens with one attached hydrogen (secondary N) is 1. The molecule has 0 spiro atoms. The third kappa shape index (κ3) is 4.65. The van der Waals surface area contributed by atoms with Crippen LogP contribution in [0.25, 0.3) is 0 Å². The van der Waals surface area contributed by atoms with E-state index in [1.54, 1.807) is 0 Å². The van der Waals surface area contributed by atoms with Crippen molar-refractivity contribution < 1.29 is 9.53 Å². The summed E-state index contributed by atoms with van der Waals surface area (Å²) in [7, 11) is 0. The van der Waals surface area contributed by atoms with Gasteiger partial charge < -0.3 is 4.74 Å². The van der Waals surface area contributed by atoms with Crippen molar-refractivity contribution in [1.82, 2.24) is 5.32 Å². The Morgan fingerprint density at radius 3 is 2.33 bits per heavy atom. The first-order chi connectivity index (χ1) is 6.88. The van der Waals surface area contributed by atoms with Crippen LogP contribution in [0, 0.1) is 0 Å². The second kappa shape index (κ2) is 4.97. The van der Waals surface area contributed by atoms with E-state index in [9.17, 15) is 4.79 Å². The predicted octanol–water partition coefficient (Wildman–Crippen LogP) is 2.25. The molecule has 1 aliphatic rings. The van der Waals surface area contributed by atoms with Crippen LogP contribution in [0.4, 0.5) is 0 Å². The molecule has 0 radical (unpaired) electrons. The topological polar surface area (TPSA) is 38.3 Å². The van der Waals surface area contributed by atoms with Gasteiger partial charge in [-0.3, -0.25) is 10.1 Å². The van der Waals surface area contributed by atoms with Crippen molar-refractivity contribution in [2.24, 2.45) is 0 Å². The Balaban J connectivity index is 2.32. The van der Waals surface area contributed by atoms with Gasteiger partial charge in [-0.05, 0) is 53.4 Å². The van der Waals surface area contributed by atoms with Crippen molar-refractivity contribution in [1.29, 1.82) is 0 Å². The molecule has 0 bridgehead atoms. The predicted molar refractivity (Wildman–Crippen MR) is 60.7 cm³/mol. The third-order valence-electron chi connectivity index (χ3n) is 2.59. The maximum Gasteiger partial charge on any atom is 0.323 e. The highest BCUT2D eigenvalue weighted by molar-refractivity contribution is 5.75. The molecular formula is C12H23NO2. The van der Waals surface area contributed by atoms with Crippen LogP contribution in [0.3, 0.4) is 0 Å². The van der Waals surface area contributed by atoms with Crippen molar-refractivity contribution >= 4 is 5.97 Å². The van der Waals surface area contributed by atoms with E-state index in [0.29, 0.717) is 0 Å². The molecule has 0 aromatic heterocycles. The second-order valence-corrected chi connectivity index (χ2v) is 5.46. The third-order valence-corrected chi connectivity index (χ3v) is 2.59. The van der Waals surface area contributed by atoms with E-state index in [0.717, 1.165) is 12.8 Å². The molecule has 15 heavy (non-hydrogen) atoms. The number of carbonyl (C=O) groups is 1. The molecule has 88 valence electrons. The van der Waals surface area contributed by atoms with Crippen LogP contribution in [0.15, 0.2) is 0 Å². The van der Waals surface area contributed by atoms with E-state index in [4.69, 9.17) is 4.74 Å². The number of esters is 1. The molecule has 0 aromatic rings. The van der Waals surface area contributed by atoms with Gasteiger partial charge in [0, 0.05) is 5.54 Å². The number of hydrogen-bond donors (Lipinski definition) is 1. The molecule has 3 heteroatoms. The molecule has 0 aliphatic heterocycles. The second-order valence-electron chi connectivity index (χ2n) is 5.46. The Kier molecular flexibility index (Phi) is 4.14. The maximum atomic E-state index is 11.7.